The van der Waals surface area contributed by atoms with E-state index in [0.717, 1.165) is 43.2 Å². The highest BCUT2D eigenvalue weighted by Gasteiger charge is 2.39. The lowest BCUT2D eigenvalue weighted by molar-refractivity contribution is 0.193. The molecule has 1 aromatic carbocycles. The first-order valence-electron chi connectivity index (χ1n) is 8.69. The smallest absolute Gasteiger partial charge is 0.123 e. The largest absolute Gasteiger partial charge is 0.493 e. The van der Waals surface area contributed by atoms with Crippen LogP contribution in [0, 0.1) is 24.7 Å². The molecule has 2 saturated carbocycles. The molecule has 0 saturated heterocycles. The summed E-state index contributed by atoms with van der Waals surface area (Å²) < 4.78 is 6.22. The zero-order valence-corrected chi connectivity index (χ0v) is 13.5. The van der Waals surface area contributed by atoms with E-state index >= 15 is 0 Å². The Bertz CT molecular complexity index is 471. The lowest BCUT2D eigenvalue weighted by Crippen LogP contribution is -2.20. The summed E-state index contributed by atoms with van der Waals surface area (Å²) in [4.78, 5) is 0. The molecular weight excluding hydrogens is 258 g/mol. The third-order valence-corrected chi connectivity index (χ3v) is 5.30. The minimum absolute atomic E-state index is 0.807. The molecule has 0 heterocycles. The van der Waals surface area contributed by atoms with E-state index < -0.39 is 0 Å². The highest BCUT2D eigenvalue weighted by Crippen LogP contribution is 2.48. The molecule has 3 rings (SSSR count). The number of hydrogen-bond acceptors (Lipinski definition) is 2. The highest BCUT2D eigenvalue weighted by atomic mass is 16.5. The van der Waals surface area contributed by atoms with E-state index in [1.54, 1.807) is 0 Å². The number of benzene rings is 1. The zero-order valence-electron chi connectivity index (χ0n) is 13.5. The third-order valence-electron chi connectivity index (χ3n) is 5.30. The SMILES string of the molecule is CCCNCc1cc(C)ccc1OCC1CC2CCC1C2. The number of ether oxygens (including phenoxy) is 1. The summed E-state index contributed by atoms with van der Waals surface area (Å²) in [7, 11) is 0. The first kappa shape index (κ1) is 14.9. The summed E-state index contributed by atoms with van der Waals surface area (Å²) >= 11 is 0. The molecule has 116 valence electrons. The van der Waals surface area contributed by atoms with Gasteiger partial charge in [0.15, 0.2) is 0 Å². The average Bonchev–Trinajstić information content (AvgIpc) is 3.09. The van der Waals surface area contributed by atoms with Gasteiger partial charge in [-0.1, -0.05) is 31.0 Å². The van der Waals surface area contributed by atoms with Crippen LogP contribution in [0.4, 0.5) is 0 Å². The second-order valence-corrected chi connectivity index (χ2v) is 7.03. The van der Waals surface area contributed by atoms with Crippen LogP contribution in [-0.4, -0.2) is 13.2 Å². The maximum Gasteiger partial charge on any atom is 0.123 e. The van der Waals surface area contributed by atoms with Gasteiger partial charge in [-0.2, -0.15) is 0 Å². The summed E-state index contributed by atoms with van der Waals surface area (Å²) in [5, 5.41) is 3.49. The predicted octanol–water partition coefficient (Wildman–Crippen LogP) is 4.31. The minimum Gasteiger partial charge on any atom is -0.493 e. The number of fused-ring (bicyclic) bond motifs is 2. The minimum atomic E-state index is 0.807. The zero-order chi connectivity index (χ0) is 14.7. The van der Waals surface area contributed by atoms with Gasteiger partial charge in [-0.25, -0.2) is 0 Å². The van der Waals surface area contributed by atoms with Crippen molar-refractivity contribution in [2.45, 2.75) is 52.5 Å². The standard InChI is InChI=1S/C19H29NO/c1-3-8-20-12-17-9-14(2)4-7-19(17)21-13-18-11-15-5-6-16(18)10-15/h4,7,9,15-16,18,20H,3,5-6,8,10-13H2,1-2H3. The van der Waals surface area contributed by atoms with Crippen LogP contribution in [0.5, 0.6) is 5.75 Å². The Kier molecular flexibility index (Phi) is 4.84. The Morgan fingerprint density at radius 1 is 1.24 bits per heavy atom. The third kappa shape index (κ3) is 3.60. The van der Waals surface area contributed by atoms with Crippen molar-refractivity contribution in [3.05, 3.63) is 29.3 Å². The lowest BCUT2D eigenvalue weighted by Gasteiger charge is -2.22. The van der Waals surface area contributed by atoms with E-state index in [1.807, 2.05) is 0 Å². The van der Waals surface area contributed by atoms with E-state index in [4.69, 9.17) is 4.74 Å². The van der Waals surface area contributed by atoms with Crippen molar-refractivity contribution in [2.75, 3.05) is 13.2 Å². The first-order valence-corrected chi connectivity index (χ1v) is 8.69. The summed E-state index contributed by atoms with van der Waals surface area (Å²) in [6.07, 6.45) is 6.95. The Morgan fingerprint density at radius 3 is 2.86 bits per heavy atom. The maximum atomic E-state index is 6.22. The molecule has 2 nitrogen and oxygen atoms in total. The molecule has 2 heteroatoms. The van der Waals surface area contributed by atoms with Crippen LogP contribution in [0.15, 0.2) is 18.2 Å². The van der Waals surface area contributed by atoms with E-state index in [0.29, 0.717) is 0 Å². The lowest BCUT2D eigenvalue weighted by atomic mass is 9.89. The van der Waals surface area contributed by atoms with Gasteiger partial charge < -0.3 is 10.1 Å². The van der Waals surface area contributed by atoms with Crippen molar-refractivity contribution in [3.8, 4) is 5.75 Å². The van der Waals surface area contributed by atoms with Gasteiger partial charge in [0.2, 0.25) is 0 Å². The Balaban J connectivity index is 1.58. The highest BCUT2D eigenvalue weighted by molar-refractivity contribution is 5.36. The van der Waals surface area contributed by atoms with Crippen molar-refractivity contribution in [1.29, 1.82) is 0 Å². The fraction of sp³-hybridized carbons (Fsp3) is 0.684. The van der Waals surface area contributed by atoms with Crippen LogP contribution in [0.2, 0.25) is 0 Å². The van der Waals surface area contributed by atoms with Gasteiger partial charge in [-0.3, -0.25) is 0 Å². The molecule has 3 unspecified atom stereocenters. The quantitative estimate of drug-likeness (QED) is 0.755. The second-order valence-electron chi connectivity index (χ2n) is 7.03. The van der Waals surface area contributed by atoms with Gasteiger partial charge >= 0.3 is 0 Å². The summed E-state index contributed by atoms with van der Waals surface area (Å²) in [6.45, 7) is 7.27. The van der Waals surface area contributed by atoms with E-state index in [9.17, 15) is 0 Å². The van der Waals surface area contributed by atoms with Crippen molar-refractivity contribution < 1.29 is 4.74 Å². The van der Waals surface area contributed by atoms with Crippen molar-refractivity contribution >= 4 is 0 Å². The van der Waals surface area contributed by atoms with Crippen molar-refractivity contribution in [2.24, 2.45) is 17.8 Å². The average molecular weight is 287 g/mol. The van der Waals surface area contributed by atoms with Gasteiger partial charge in [0.1, 0.15) is 5.75 Å². The van der Waals surface area contributed by atoms with E-state index in [2.05, 4.69) is 37.4 Å². The molecule has 1 aromatic rings. The molecule has 0 amide bonds. The van der Waals surface area contributed by atoms with E-state index in [-0.39, 0.29) is 0 Å². The van der Waals surface area contributed by atoms with Crippen LogP contribution < -0.4 is 10.1 Å². The van der Waals surface area contributed by atoms with Gasteiger partial charge in [0, 0.05) is 12.1 Å². The van der Waals surface area contributed by atoms with Crippen LogP contribution in [0.1, 0.15) is 50.2 Å². The molecule has 0 radical (unpaired) electrons. The molecule has 3 atom stereocenters. The molecule has 1 N–H and O–H groups in total. The fourth-order valence-corrected chi connectivity index (χ4v) is 4.16. The van der Waals surface area contributed by atoms with Gasteiger partial charge in [-0.15, -0.1) is 0 Å². The molecule has 2 fully saturated rings. The number of hydrogen-bond donors (Lipinski definition) is 1. The predicted molar refractivity (Wildman–Crippen MR) is 87.6 cm³/mol. The molecule has 2 aliphatic carbocycles. The Labute approximate surface area is 129 Å². The van der Waals surface area contributed by atoms with Crippen molar-refractivity contribution in [1.82, 2.24) is 5.32 Å². The molecule has 0 aliphatic heterocycles. The van der Waals surface area contributed by atoms with Crippen LogP contribution in [0.3, 0.4) is 0 Å². The first-order chi connectivity index (χ1) is 10.3. The molecule has 2 bridgehead atoms. The Hall–Kier alpha value is -1.02. The second kappa shape index (κ2) is 6.83. The Morgan fingerprint density at radius 2 is 2.14 bits per heavy atom. The van der Waals surface area contributed by atoms with Gasteiger partial charge in [0.25, 0.3) is 0 Å². The summed E-state index contributed by atoms with van der Waals surface area (Å²) in [6, 6.07) is 6.59. The maximum absolute atomic E-state index is 6.22. The topological polar surface area (TPSA) is 21.3 Å². The number of nitrogens with one attached hydrogen (secondary N) is 1. The molecule has 21 heavy (non-hydrogen) atoms. The van der Waals surface area contributed by atoms with Crippen LogP contribution in [-0.2, 0) is 6.54 Å². The normalized spacial score (nSPS) is 27.2. The number of rotatable bonds is 7. The monoisotopic (exact) mass is 287 g/mol. The summed E-state index contributed by atoms with van der Waals surface area (Å²) in [5.74, 6) is 3.85. The number of aryl methyl sites for hydroxylation is 1. The van der Waals surface area contributed by atoms with Crippen molar-refractivity contribution in [3.63, 3.8) is 0 Å². The fourth-order valence-electron chi connectivity index (χ4n) is 4.16. The van der Waals surface area contributed by atoms with Crippen LogP contribution in [0.25, 0.3) is 0 Å². The molecule has 2 aliphatic rings. The molecule has 0 aromatic heterocycles. The molecule has 0 spiro atoms. The summed E-state index contributed by atoms with van der Waals surface area (Å²) in [5.41, 5.74) is 2.63. The van der Waals surface area contributed by atoms with Gasteiger partial charge in [0.05, 0.1) is 6.61 Å². The molecular formula is C19H29NO. The van der Waals surface area contributed by atoms with E-state index in [1.165, 1.54) is 43.2 Å². The van der Waals surface area contributed by atoms with Gasteiger partial charge in [-0.05, 0) is 63.0 Å². The van der Waals surface area contributed by atoms with Crippen LogP contribution >= 0.6 is 0 Å².